The van der Waals surface area contributed by atoms with Crippen molar-refractivity contribution in [3.63, 3.8) is 0 Å². The SMILES string of the molecule is CCN(CCCNC(=NC)NC1CCN(C2CCCC2)C1)S(C)(=O)=O. The van der Waals surface area contributed by atoms with Crippen LogP contribution in [0.3, 0.4) is 0 Å². The Morgan fingerprint density at radius 3 is 2.60 bits per heavy atom. The predicted octanol–water partition coefficient (Wildman–Crippen LogP) is 0.840. The molecule has 0 amide bonds. The number of likely N-dealkylation sites (tertiary alicyclic amines) is 1. The van der Waals surface area contributed by atoms with E-state index in [-0.39, 0.29) is 0 Å². The first-order chi connectivity index (χ1) is 11.9. The van der Waals surface area contributed by atoms with Crippen molar-refractivity contribution in [3.8, 4) is 0 Å². The molecule has 1 aliphatic carbocycles. The summed E-state index contributed by atoms with van der Waals surface area (Å²) >= 11 is 0. The average Bonchev–Trinajstić information content (AvgIpc) is 3.23. The second-order valence-electron chi connectivity index (χ2n) is 7.17. The molecular formula is C17H35N5O2S. The molecule has 0 spiro atoms. The lowest BCUT2D eigenvalue weighted by molar-refractivity contribution is 0.242. The smallest absolute Gasteiger partial charge is 0.211 e. The molecule has 1 saturated carbocycles. The van der Waals surface area contributed by atoms with Crippen LogP contribution in [-0.4, -0.2) is 81.7 Å². The molecule has 1 atom stereocenters. The molecule has 0 aromatic heterocycles. The average molecular weight is 374 g/mol. The van der Waals surface area contributed by atoms with Crippen molar-refractivity contribution in [2.75, 3.05) is 46.0 Å². The predicted molar refractivity (Wildman–Crippen MR) is 103 cm³/mol. The molecule has 1 heterocycles. The summed E-state index contributed by atoms with van der Waals surface area (Å²) in [6.07, 6.45) is 8.66. The second-order valence-corrected chi connectivity index (χ2v) is 9.15. The molecule has 2 rings (SSSR count). The third-order valence-electron chi connectivity index (χ3n) is 5.32. The van der Waals surface area contributed by atoms with E-state index in [1.54, 1.807) is 7.05 Å². The Morgan fingerprint density at radius 2 is 2.00 bits per heavy atom. The van der Waals surface area contributed by atoms with Gasteiger partial charge in [0, 0.05) is 51.9 Å². The van der Waals surface area contributed by atoms with Crippen LogP contribution in [0.25, 0.3) is 0 Å². The van der Waals surface area contributed by atoms with Crippen LogP contribution in [-0.2, 0) is 10.0 Å². The number of hydrogen-bond acceptors (Lipinski definition) is 4. The van der Waals surface area contributed by atoms with Crippen molar-refractivity contribution in [1.82, 2.24) is 19.8 Å². The van der Waals surface area contributed by atoms with Gasteiger partial charge in [-0.05, 0) is 25.7 Å². The molecule has 2 aliphatic rings. The first-order valence-corrected chi connectivity index (χ1v) is 11.4. The number of aliphatic imine (C=N–C) groups is 1. The highest BCUT2D eigenvalue weighted by molar-refractivity contribution is 7.88. The van der Waals surface area contributed by atoms with Crippen molar-refractivity contribution in [2.24, 2.45) is 4.99 Å². The fourth-order valence-electron chi connectivity index (χ4n) is 3.91. The fourth-order valence-corrected chi connectivity index (χ4v) is 4.84. The minimum atomic E-state index is -3.10. The Kier molecular flexibility index (Phi) is 7.96. The molecule has 25 heavy (non-hydrogen) atoms. The second kappa shape index (κ2) is 9.73. The Labute approximate surface area is 153 Å². The van der Waals surface area contributed by atoms with E-state index in [0.29, 0.717) is 25.7 Å². The standard InChI is InChI=1S/C17H35N5O2S/c1-4-22(25(3,23)24)12-7-11-19-17(18-2)20-15-10-13-21(14-15)16-8-5-6-9-16/h15-16H,4-14H2,1-3H3,(H2,18,19,20). The Bertz CT molecular complexity index is 531. The van der Waals surface area contributed by atoms with Crippen LogP contribution in [0, 0.1) is 0 Å². The van der Waals surface area contributed by atoms with Crippen molar-refractivity contribution in [2.45, 2.75) is 57.5 Å². The van der Waals surface area contributed by atoms with Gasteiger partial charge in [0.05, 0.1) is 6.26 Å². The monoisotopic (exact) mass is 373 g/mol. The molecule has 1 saturated heterocycles. The number of rotatable bonds is 8. The summed E-state index contributed by atoms with van der Waals surface area (Å²) in [4.78, 5) is 6.93. The maximum Gasteiger partial charge on any atom is 0.211 e. The Morgan fingerprint density at radius 1 is 1.28 bits per heavy atom. The summed E-state index contributed by atoms with van der Waals surface area (Å²) in [6, 6.07) is 1.24. The van der Waals surface area contributed by atoms with Gasteiger partial charge in [0.25, 0.3) is 0 Å². The van der Waals surface area contributed by atoms with E-state index in [1.807, 2.05) is 6.92 Å². The van der Waals surface area contributed by atoms with E-state index < -0.39 is 10.0 Å². The minimum Gasteiger partial charge on any atom is -0.356 e. The quantitative estimate of drug-likeness (QED) is 0.375. The fraction of sp³-hybridized carbons (Fsp3) is 0.941. The third kappa shape index (κ3) is 6.42. The van der Waals surface area contributed by atoms with Crippen LogP contribution in [0.2, 0.25) is 0 Å². The number of nitrogens with zero attached hydrogens (tertiary/aromatic N) is 3. The van der Waals surface area contributed by atoms with Gasteiger partial charge < -0.3 is 10.6 Å². The largest absolute Gasteiger partial charge is 0.356 e. The first kappa shape index (κ1) is 20.5. The van der Waals surface area contributed by atoms with Gasteiger partial charge in [-0.2, -0.15) is 0 Å². The normalized spacial score (nSPS) is 23.5. The summed E-state index contributed by atoms with van der Waals surface area (Å²) in [5.74, 6) is 0.820. The minimum absolute atomic E-state index is 0.454. The zero-order valence-electron chi connectivity index (χ0n) is 16.0. The number of nitrogens with one attached hydrogen (secondary N) is 2. The van der Waals surface area contributed by atoms with E-state index in [0.717, 1.165) is 31.4 Å². The summed E-state index contributed by atoms with van der Waals surface area (Å²) in [5.41, 5.74) is 0. The highest BCUT2D eigenvalue weighted by Crippen LogP contribution is 2.26. The number of hydrogen-bond donors (Lipinski definition) is 2. The van der Waals surface area contributed by atoms with Gasteiger partial charge in [-0.1, -0.05) is 19.8 Å². The maximum absolute atomic E-state index is 11.6. The molecule has 0 bridgehead atoms. The summed E-state index contributed by atoms with van der Waals surface area (Å²) in [6.45, 7) is 5.92. The Balaban J connectivity index is 1.67. The maximum atomic E-state index is 11.6. The molecule has 0 aromatic carbocycles. The third-order valence-corrected chi connectivity index (χ3v) is 6.70. The highest BCUT2D eigenvalue weighted by Gasteiger charge is 2.30. The van der Waals surface area contributed by atoms with Gasteiger partial charge in [-0.25, -0.2) is 12.7 Å². The summed E-state index contributed by atoms with van der Waals surface area (Å²) in [7, 11) is -1.31. The highest BCUT2D eigenvalue weighted by atomic mass is 32.2. The van der Waals surface area contributed by atoms with E-state index in [2.05, 4.69) is 20.5 Å². The number of guanidine groups is 1. The lowest BCUT2D eigenvalue weighted by Gasteiger charge is -2.24. The van der Waals surface area contributed by atoms with Crippen molar-refractivity contribution >= 4 is 16.0 Å². The van der Waals surface area contributed by atoms with Crippen LogP contribution in [0.1, 0.15) is 45.4 Å². The van der Waals surface area contributed by atoms with Crippen LogP contribution < -0.4 is 10.6 Å². The molecule has 1 aliphatic heterocycles. The van der Waals surface area contributed by atoms with Gasteiger partial charge in [0.2, 0.25) is 10.0 Å². The number of sulfonamides is 1. The molecule has 146 valence electrons. The van der Waals surface area contributed by atoms with Crippen LogP contribution in [0.5, 0.6) is 0 Å². The molecular weight excluding hydrogens is 338 g/mol. The molecule has 8 heteroatoms. The van der Waals surface area contributed by atoms with Crippen molar-refractivity contribution in [1.29, 1.82) is 0 Å². The summed E-state index contributed by atoms with van der Waals surface area (Å²) in [5, 5.41) is 6.83. The van der Waals surface area contributed by atoms with Gasteiger partial charge in [-0.15, -0.1) is 0 Å². The van der Waals surface area contributed by atoms with E-state index in [4.69, 9.17) is 0 Å². The van der Waals surface area contributed by atoms with Crippen LogP contribution >= 0.6 is 0 Å². The van der Waals surface area contributed by atoms with Gasteiger partial charge >= 0.3 is 0 Å². The van der Waals surface area contributed by atoms with Crippen molar-refractivity contribution < 1.29 is 8.42 Å². The zero-order valence-corrected chi connectivity index (χ0v) is 16.8. The molecule has 7 nitrogen and oxygen atoms in total. The van der Waals surface area contributed by atoms with E-state index >= 15 is 0 Å². The lowest BCUT2D eigenvalue weighted by Crippen LogP contribution is -2.45. The zero-order chi connectivity index (χ0) is 18.3. The van der Waals surface area contributed by atoms with E-state index in [1.165, 1.54) is 42.8 Å². The molecule has 0 radical (unpaired) electrons. The van der Waals surface area contributed by atoms with Gasteiger partial charge in [-0.3, -0.25) is 9.89 Å². The van der Waals surface area contributed by atoms with Crippen LogP contribution in [0.4, 0.5) is 0 Å². The molecule has 1 unspecified atom stereocenters. The molecule has 2 fully saturated rings. The summed E-state index contributed by atoms with van der Waals surface area (Å²) < 4.78 is 24.7. The first-order valence-electron chi connectivity index (χ1n) is 9.60. The van der Waals surface area contributed by atoms with E-state index in [9.17, 15) is 8.42 Å². The lowest BCUT2D eigenvalue weighted by atomic mass is 10.2. The Hall–Kier alpha value is -0.860. The molecule has 2 N–H and O–H groups in total. The van der Waals surface area contributed by atoms with Gasteiger partial charge in [0.15, 0.2) is 5.96 Å². The van der Waals surface area contributed by atoms with Crippen LogP contribution in [0.15, 0.2) is 4.99 Å². The van der Waals surface area contributed by atoms with Gasteiger partial charge in [0.1, 0.15) is 0 Å². The topological polar surface area (TPSA) is 77.0 Å². The molecule has 0 aromatic rings. The van der Waals surface area contributed by atoms with Crippen molar-refractivity contribution in [3.05, 3.63) is 0 Å².